The highest BCUT2D eigenvalue weighted by molar-refractivity contribution is 6.05. The van der Waals surface area contributed by atoms with E-state index in [9.17, 15) is 20.1 Å². The summed E-state index contributed by atoms with van der Waals surface area (Å²) in [4.78, 5) is 13.5. The van der Waals surface area contributed by atoms with Gasteiger partial charge in [0.15, 0.2) is 11.4 Å². The lowest BCUT2D eigenvalue weighted by atomic mass is 9.54. The smallest absolute Gasteiger partial charge is 0.284 e. The van der Waals surface area contributed by atoms with Gasteiger partial charge in [0.25, 0.3) is 5.97 Å². The van der Waals surface area contributed by atoms with Gasteiger partial charge in [0.1, 0.15) is 29.5 Å². The van der Waals surface area contributed by atoms with Crippen LogP contribution < -0.4 is 0 Å². The van der Waals surface area contributed by atoms with E-state index in [1.54, 1.807) is 13.0 Å². The highest BCUT2D eigenvalue weighted by Gasteiger charge is 2.88. The highest BCUT2D eigenvalue weighted by atomic mass is 16.9. The zero-order valence-corrected chi connectivity index (χ0v) is 24.6. The molecular formula is C32H48O8. The Kier molecular flexibility index (Phi) is 7.02. The summed E-state index contributed by atoms with van der Waals surface area (Å²) in [5.74, 6) is -3.38. The van der Waals surface area contributed by atoms with Crippen molar-refractivity contribution in [1.29, 1.82) is 0 Å². The van der Waals surface area contributed by atoms with E-state index in [0.29, 0.717) is 18.4 Å². The van der Waals surface area contributed by atoms with Crippen LogP contribution in [0.1, 0.15) is 98.3 Å². The number of unbranched alkanes of at least 4 members (excludes halogenated alkanes) is 8. The lowest BCUT2D eigenvalue weighted by Gasteiger charge is -2.59. The van der Waals surface area contributed by atoms with E-state index in [1.165, 1.54) is 38.5 Å². The van der Waals surface area contributed by atoms with E-state index in [1.807, 2.05) is 6.92 Å². The fourth-order valence-corrected chi connectivity index (χ4v) is 9.19. The summed E-state index contributed by atoms with van der Waals surface area (Å²) in [6.07, 6.45) is 10.7. The lowest BCUT2D eigenvalue weighted by molar-refractivity contribution is -0.430. The first-order valence-corrected chi connectivity index (χ1v) is 15.7. The molecule has 40 heavy (non-hydrogen) atoms. The molecule has 0 aromatic rings. The van der Waals surface area contributed by atoms with Crippen molar-refractivity contribution in [1.82, 2.24) is 0 Å². The molecule has 0 radical (unpaired) electrons. The maximum atomic E-state index is 13.5. The first kappa shape index (κ1) is 29.0. The predicted molar refractivity (Wildman–Crippen MR) is 147 cm³/mol. The van der Waals surface area contributed by atoms with Gasteiger partial charge in [-0.3, -0.25) is 4.79 Å². The third-order valence-electron chi connectivity index (χ3n) is 11.3. The molecule has 3 N–H and O–H groups in total. The molecule has 0 aromatic heterocycles. The fourth-order valence-electron chi connectivity index (χ4n) is 9.19. The zero-order valence-electron chi connectivity index (χ0n) is 24.6. The number of rotatable bonds is 12. The van der Waals surface area contributed by atoms with Crippen LogP contribution in [0.2, 0.25) is 0 Å². The number of hydrogen-bond acceptors (Lipinski definition) is 8. The third-order valence-corrected chi connectivity index (χ3v) is 11.3. The summed E-state index contributed by atoms with van der Waals surface area (Å²) in [5, 5.41) is 34.2. The van der Waals surface area contributed by atoms with Gasteiger partial charge < -0.3 is 34.3 Å². The summed E-state index contributed by atoms with van der Waals surface area (Å²) in [6.45, 7) is 11.7. The van der Waals surface area contributed by atoms with E-state index < -0.39 is 70.9 Å². The Labute approximate surface area is 238 Å². The van der Waals surface area contributed by atoms with Gasteiger partial charge in [0.05, 0.1) is 12.2 Å². The minimum absolute atomic E-state index is 0.184. The second-order valence-electron chi connectivity index (χ2n) is 13.7. The van der Waals surface area contributed by atoms with Crippen LogP contribution >= 0.6 is 0 Å². The number of carbonyl (C=O) groups excluding carboxylic acids is 1. The van der Waals surface area contributed by atoms with Crippen LogP contribution in [-0.2, 0) is 23.7 Å². The fraction of sp³-hybridized carbons (Fsp3) is 0.844. The molecule has 6 aliphatic rings. The number of epoxide rings is 1. The first-order valence-electron chi connectivity index (χ1n) is 15.7. The van der Waals surface area contributed by atoms with Crippen LogP contribution in [0.4, 0.5) is 0 Å². The maximum absolute atomic E-state index is 13.5. The highest BCUT2D eigenvalue weighted by Crippen LogP contribution is 2.73. The van der Waals surface area contributed by atoms with Crippen molar-refractivity contribution in [3.8, 4) is 0 Å². The van der Waals surface area contributed by atoms with Crippen LogP contribution in [-0.4, -0.2) is 74.4 Å². The molecule has 11 atom stereocenters. The number of ether oxygens (including phenoxy) is 4. The van der Waals surface area contributed by atoms with Crippen molar-refractivity contribution in [2.45, 2.75) is 145 Å². The topological polar surface area (TPSA) is 118 Å². The van der Waals surface area contributed by atoms with Crippen molar-refractivity contribution in [3.05, 3.63) is 23.8 Å². The molecule has 8 nitrogen and oxygen atoms in total. The average molecular weight is 561 g/mol. The van der Waals surface area contributed by atoms with E-state index >= 15 is 0 Å². The molecule has 2 saturated carbocycles. The SMILES string of the molecule is C=C(C)[C@]12C[C@@H](C)[C@@]34OC(CCCCCCCCCCC)(O[C@@H]1[C@H]3[C@@H]1O[C@]1(CO)[C@@H](O)[C@]1(O)C(=O)C(C)=C[C@H]14)O2. The van der Waals surface area contributed by atoms with Crippen LogP contribution in [0.5, 0.6) is 0 Å². The Morgan fingerprint density at radius 2 is 1.70 bits per heavy atom. The lowest BCUT2D eigenvalue weighted by Crippen LogP contribution is -2.72. The second-order valence-corrected chi connectivity index (χ2v) is 13.7. The van der Waals surface area contributed by atoms with Crippen LogP contribution in [0, 0.1) is 17.8 Å². The molecule has 3 saturated heterocycles. The molecule has 3 bridgehead atoms. The van der Waals surface area contributed by atoms with Gasteiger partial charge >= 0.3 is 0 Å². The Morgan fingerprint density at radius 3 is 2.33 bits per heavy atom. The molecule has 0 spiro atoms. The van der Waals surface area contributed by atoms with Gasteiger partial charge in [-0.2, -0.15) is 0 Å². The molecule has 3 heterocycles. The molecule has 0 amide bonds. The van der Waals surface area contributed by atoms with Crippen molar-refractivity contribution >= 4 is 5.78 Å². The largest absolute Gasteiger partial charge is 0.393 e. The van der Waals surface area contributed by atoms with Crippen molar-refractivity contribution in [2.75, 3.05) is 6.61 Å². The number of hydrogen-bond donors (Lipinski definition) is 3. The molecule has 1 unspecified atom stereocenters. The third kappa shape index (κ3) is 3.60. The molecule has 3 aliphatic heterocycles. The predicted octanol–water partition coefficient (Wildman–Crippen LogP) is 4.10. The molecule has 6 rings (SSSR count). The summed E-state index contributed by atoms with van der Waals surface area (Å²) in [6, 6.07) is 0. The van der Waals surface area contributed by atoms with Gasteiger partial charge in [-0.1, -0.05) is 77.9 Å². The number of aliphatic hydroxyl groups excluding tert-OH is 2. The van der Waals surface area contributed by atoms with Crippen molar-refractivity contribution < 1.29 is 39.1 Å². The van der Waals surface area contributed by atoms with Crippen LogP contribution in [0.3, 0.4) is 0 Å². The van der Waals surface area contributed by atoms with E-state index in [0.717, 1.165) is 24.8 Å². The second kappa shape index (κ2) is 9.69. The number of fused-ring (bicyclic) bond motifs is 3. The number of Topliss-reactive ketones (excluding diaryl/α,β-unsaturated/α-hetero) is 1. The molecule has 5 fully saturated rings. The molecular weight excluding hydrogens is 512 g/mol. The molecule has 0 aromatic carbocycles. The Balaban J connectivity index is 1.33. The summed E-state index contributed by atoms with van der Waals surface area (Å²) in [7, 11) is 0. The van der Waals surface area contributed by atoms with Crippen LogP contribution in [0.25, 0.3) is 0 Å². The van der Waals surface area contributed by atoms with E-state index in [2.05, 4.69) is 20.4 Å². The standard InChI is InChI=1S/C32H48O8/c1-6-7-8-9-10-11-12-13-14-15-30-38-25-23-26-29(18-33,37-26)27(35)31(36)22(16-20(4)24(31)34)32(23,40-30)21(5)17-28(25,39-30)19(2)3/h16,21-23,25-27,33,35-36H,2,6-15,17-18H2,1,3-5H3/t21-,22-,23+,25-,26+,27-,28-,29+,30?,31-,32+/m1/s1. The molecule has 8 heteroatoms. The maximum Gasteiger partial charge on any atom is 0.284 e. The summed E-state index contributed by atoms with van der Waals surface area (Å²) in [5.41, 5.74) is -4.36. The Hall–Kier alpha value is -1.13. The van der Waals surface area contributed by atoms with Gasteiger partial charge in [-0.25, -0.2) is 0 Å². The minimum atomic E-state index is -2.18. The average Bonchev–Trinajstić information content (AvgIpc) is 3.56. The number of ketones is 1. The van der Waals surface area contributed by atoms with Gasteiger partial charge in [-0.05, 0) is 43.8 Å². The quantitative estimate of drug-likeness (QED) is 0.186. The minimum Gasteiger partial charge on any atom is -0.393 e. The van der Waals surface area contributed by atoms with E-state index in [4.69, 9.17) is 18.9 Å². The number of carbonyl (C=O) groups is 1. The van der Waals surface area contributed by atoms with E-state index in [-0.39, 0.29) is 5.92 Å². The monoisotopic (exact) mass is 560 g/mol. The first-order chi connectivity index (χ1) is 19.0. The zero-order chi connectivity index (χ0) is 28.7. The summed E-state index contributed by atoms with van der Waals surface area (Å²) >= 11 is 0. The Bertz CT molecular complexity index is 1090. The van der Waals surface area contributed by atoms with Crippen LogP contribution in [0.15, 0.2) is 23.8 Å². The Morgan fingerprint density at radius 1 is 1.05 bits per heavy atom. The van der Waals surface area contributed by atoms with Gasteiger partial charge in [-0.15, -0.1) is 0 Å². The molecule has 3 aliphatic carbocycles. The van der Waals surface area contributed by atoms with Gasteiger partial charge in [0, 0.05) is 18.3 Å². The van der Waals surface area contributed by atoms with Gasteiger partial charge in [0.2, 0.25) is 0 Å². The molecule has 224 valence electrons. The van der Waals surface area contributed by atoms with Crippen molar-refractivity contribution in [3.63, 3.8) is 0 Å². The summed E-state index contributed by atoms with van der Waals surface area (Å²) < 4.78 is 26.8. The number of aliphatic hydroxyl groups is 3. The van der Waals surface area contributed by atoms with Crippen molar-refractivity contribution in [2.24, 2.45) is 17.8 Å². The normalized spacial score (nSPS) is 49.8.